The molecule has 6 nitrogen and oxygen atoms in total. The molecule has 0 aromatic heterocycles. The van der Waals surface area contributed by atoms with Gasteiger partial charge in [0.2, 0.25) is 5.91 Å². The zero-order valence-electron chi connectivity index (χ0n) is 16.9. The zero-order chi connectivity index (χ0) is 19.9. The number of hydrogen-bond donors (Lipinski definition) is 2. The third-order valence-corrected chi connectivity index (χ3v) is 7.48. The number of nitrogens with zero attached hydrogens (tertiary/aromatic N) is 2. The van der Waals surface area contributed by atoms with Crippen LogP contribution in [0.25, 0.3) is 0 Å². The van der Waals surface area contributed by atoms with Crippen molar-refractivity contribution in [3.8, 4) is 0 Å². The lowest BCUT2D eigenvalue weighted by atomic mass is 9.95. The van der Waals surface area contributed by atoms with Crippen molar-refractivity contribution in [2.75, 3.05) is 25.9 Å². The number of carbonyl (C=O) groups excluding carboxylic acids is 1. The van der Waals surface area contributed by atoms with Crippen molar-refractivity contribution in [1.29, 1.82) is 0 Å². The number of guanidine groups is 1. The fraction of sp³-hybridized carbons (Fsp3) is 0.619. The Morgan fingerprint density at radius 1 is 1.29 bits per heavy atom. The third-order valence-electron chi connectivity index (χ3n) is 5.74. The molecule has 28 heavy (non-hydrogen) atoms. The number of fused-ring (bicyclic) bond motifs is 1. The first-order chi connectivity index (χ1) is 13.6. The van der Waals surface area contributed by atoms with Crippen molar-refractivity contribution in [3.63, 3.8) is 0 Å². The molecule has 0 radical (unpaired) electrons. The minimum atomic E-state index is -0.745. The summed E-state index contributed by atoms with van der Waals surface area (Å²) in [5.41, 5.74) is 2.58. The van der Waals surface area contributed by atoms with Gasteiger partial charge < -0.3 is 15.5 Å². The van der Waals surface area contributed by atoms with Gasteiger partial charge in [0, 0.05) is 48.0 Å². The molecule has 1 heterocycles. The van der Waals surface area contributed by atoms with Gasteiger partial charge in [0.05, 0.1) is 6.54 Å². The number of carbonyl (C=O) groups is 1. The summed E-state index contributed by atoms with van der Waals surface area (Å²) in [4.78, 5) is 18.8. The molecule has 3 atom stereocenters. The van der Waals surface area contributed by atoms with E-state index in [2.05, 4.69) is 33.8 Å². The Bertz CT molecular complexity index is 737. The number of aliphatic imine (C=N–C) groups is 1. The smallest absolute Gasteiger partial charge is 0.242 e. The van der Waals surface area contributed by atoms with Gasteiger partial charge in [-0.15, -0.1) is 0 Å². The summed E-state index contributed by atoms with van der Waals surface area (Å²) in [5.74, 6) is 1.46. The Labute approximate surface area is 170 Å². The molecule has 1 aromatic rings. The maximum Gasteiger partial charge on any atom is 0.242 e. The van der Waals surface area contributed by atoms with E-state index in [0.717, 1.165) is 44.4 Å². The van der Waals surface area contributed by atoms with E-state index in [1.807, 2.05) is 17.9 Å². The minimum Gasteiger partial charge on any atom is -0.354 e. The highest BCUT2D eigenvalue weighted by Crippen LogP contribution is 2.23. The molecule has 154 valence electrons. The molecule has 7 heteroatoms. The van der Waals surface area contributed by atoms with Crippen LogP contribution < -0.4 is 10.6 Å². The first kappa shape index (κ1) is 20.8. The first-order valence-electron chi connectivity index (χ1n) is 10.3. The van der Waals surface area contributed by atoms with Gasteiger partial charge in [-0.05, 0) is 36.8 Å². The average molecular weight is 405 g/mol. The molecule has 2 aliphatic rings. The Hall–Kier alpha value is -1.89. The van der Waals surface area contributed by atoms with Gasteiger partial charge in [-0.2, -0.15) is 0 Å². The van der Waals surface area contributed by atoms with Crippen LogP contribution in [0.4, 0.5) is 0 Å². The Balaban J connectivity index is 1.48. The van der Waals surface area contributed by atoms with Crippen LogP contribution in [0.1, 0.15) is 43.7 Å². The van der Waals surface area contributed by atoms with Crippen LogP contribution in [0.5, 0.6) is 0 Å². The zero-order valence-corrected chi connectivity index (χ0v) is 17.8. The molecule has 1 saturated carbocycles. The Kier molecular flexibility index (Phi) is 7.48. The van der Waals surface area contributed by atoms with E-state index >= 15 is 0 Å². The SMILES string of the molecule is CCS(=O)C1CCCC(NC(=NC)NCC(=O)N2CCc3ccccc3C2)C1. The lowest BCUT2D eigenvalue weighted by molar-refractivity contribution is -0.130. The van der Waals surface area contributed by atoms with Gasteiger partial charge >= 0.3 is 0 Å². The van der Waals surface area contributed by atoms with Gasteiger partial charge in [-0.25, -0.2) is 0 Å². The number of benzene rings is 1. The average Bonchev–Trinajstić information content (AvgIpc) is 2.75. The van der Waals surface area contributed by atoms with Gasteiger partial charge in [0.25, 0.3) is 0 Å². The summed E-state index contributed by atoms with van der Waals surface area (Å²) in [7, 11) is 0.979. The Morgan fingerprint density at radius 2 is 2.07 bits per heavy atom. The number of hydrogen-bond acceptors (Lipinski definition) is 3. The second-order valence-electron chi connectivity index (χ2n) is 7.56. The van der Waals surface area contributed by atoms with Crippen LogP contribution in [-0.4, -0.2) is 58.2 Å². The van der Waals surface area contributed by atoms with E-state index in [0.29, 0.717) is 12.5 Å². The second-order valence-corrected chi connectivity index (χ2v) is 9.56. The predicted octanol–water partition coefficient (Wildman–Crippen LogP) is 1.82. The van der Waals surface area contributed by atoms with Gasteiger partial charge in [-0.3, -0.25) is 14.0 Å². The lowest BCUT2D eigenvalue weighted by Crippen LogP contribution is -2.49. The standard InChI is InChI=1S/C21H32N4O2S/c1-3-28(27)19-10-6-9-18(13-19)24-21(22-2)23-14-20(26)25-12-11-16-7-4-5-8-17(16)15-25/h4-5,7-8,18-19H,3,6,9-15H2,1-2H3,(H2,22,23,24). The highest BCUT2D eigenvalue weighted by Gasteiger charge is 2.26. The lowest BCUT2D eigenvalue weighted by Gasteiger charge is -2.31. The molecule has 2 N–H and O–H groups in total. The first-order valence-corrected chi connectivity index (χ1v) is 11.7. The monoisotopic (exact) mass is 404 g/mol. The van der Waals surface area contributed by atoms with Crippen molar-refractivity contribution in [2.45, 2.75) is 56.9 Å². The van der Waals surface area contributed by atoms with E-state index in [4.69, 9.17) is 0 Å². The van der Waals surface area contributed by atoms with Crippen molar-refractivity contribution < 1.29 is 9.00 Å². The Morgan fingerprint density at radius 3 is 2.82 bits per heavy atom. The van der Waals surface area contributed by atoms with E-state index in [1.54, 1.807) is 7.05 Å². The van der Waals surface area contributed by atoms with Crippen LogP contribution >= 0.6 is 0 Å². The van der Waals surface area contributed by atoms with E-state index < -0.39 is 10.8 Å². The molecule has 1 aromatic carbocycles. The fourth-order valence-electron chi connectivity index (χ4n) is 4.12. The van der Waals surface area contributed by atoms with Gasteiger partial charge in [0.15, 0.2) is 5.96 Å². The van der Waals surface area contributed by atoms with Crippen LogP contribution in [0.15, 0.2) is 29.3 Å². The summed E-state index contributed by atoms with van der Waals surface area (Å²) < 4.78 is 12.1. The fourth-order valence-corrected chi connectivity index (χ4v) is 5.47. The molecule has 1 aliphatic heterocycles. The molecule has 1 amide bonds. The van der Waals surface area contributed by atoms with Gasteiger partial charge in [0.1, 0.15) is 0 Å². The van der Waals surface area contributed by atoms with Crippen molar-refractivity contribution in [2.24, 2.45) is 4.99 Å². The third kappa shape index (κ3) is 5.34. The van der Waals surface area contributed by atoms with Crippen molar-refractivity contribution in [1.82, 2.24) is 15.5 Å². The van der Waals surface area contributed by atoms with Gasteiger partial charge in [-0.1, -0.05) is 37.6 Å². The maximum atomic E-state index is 12.6. The normalized spacial score (nSPS) is 23.6. The molecule has 3 unspecified atom stereocenters. The molecular formula is C21H32N4O2S. The molecule has 0 bridgehead atoms. The van der Waals surface area contributed by atoms with Crippen LogP contribution in [0.2, 0.25) is 0 Å². The summed E-state index contributed by atoms with van der Waals surface area (Å²) >= 11 is 0. The highest BCUT2D eigenvalue weighted by atomic mass is 32.2. The van der Waals surface area contributed by atoms with Crippen molar-refractivity contribution >= 4 is 22.7 Å². The van der Waals surface area contributed by atoms with Crippen LogP contribution in [0.3, 0.4) is 0 Å². The number of amides is 1. The molecule has 1 aliphatic carbocycles. The van der Waals surface area contributed by atoms with Crippen LogP contribution in [0, 0.1) is 0 Å². The summed E-state index contributed by atoms with van der Waals surface area (Å²) in [6, 6.07) is 8.59. The minimum absolute atomic E-state index is 0.0889. The van der Waals surface area contributed by atoms with E-state index in [9.17, 15) is 9.00 Å². The summed E-state index contributed by atoms with van der Waals surface area (Å²) in [5, 5.41) is 6.86. The number of rotatable bonds is 5. The summed E-state index contributed by atoms with van der Waals surface area (Å²) in [6.07, 6.45) is 4.98. The molecular weight excluding hydrogens is 372 g/mol. The maximum absolute atomic E-state index is 12.6. The highest BCUT2D eigenvalue weighted by molar-refractivity contribution is 7.85. The molecule has 3 rings (SSSR count). The topological polar surface area (TPSA) is 73.8 Å². The largest absolute Gasteiger partial charge is 0.354 e. The van der Waals surface area contributed by atoms with E-state index in [-0.39, 0.29) is 23.7 Å². The molecule has 0 spiro atoms. The predicted molar refractivity (Wildman–Crippen MR) is 115 cm³/mol. The van der Waals surface area contributed by atoms with E-state index in [1.165, 1.54) is 11.1 Å². The molecule has 0 saturated heterocycles. The molecule has 1 fully saturated rings. The van der Waals surface area contributed by atoms with Crippen LogP contribution in [-0.2, 0) is 28.6 Å². The second kappa shape index (κ2) is 10.0. The van der Waals surface area contributed by atoms with Crippen molar-refractivity contribution in [3.05, 3.63) is 35.4 Å². The quantitative estimate of drug-likeness (QED) is 0.580. The summed E-state index contributed by atoms with van der Waals surface area (Å²) in [6.45, 7) is 3.66. The number of nitrogens with one attached hydrogen (secondary N) is 2.